The maximum atomic E-state index is 13.1. The fourth-order valence-electron chi connectivity index (χ4n) is 4.08. The predicted octanol–water partition coefficient (Wildman–Crippen LogP) is 3.15. The van der Waals surface area contributed by atoms with Crippen molar-refractivity contribution in [1.29, 1.82) is 0 Å². The number of hydrogen-bond acceptors (Lipinski definition) is 4. The van der Waals surface area contributed by atoms with Crippen molar-refractivity contribution in [3.63, 3.8) is 0 Å². The summed E-state index contributed by atoms with van der Waals surface area (Å²) in [7, 11) is -3.45. The third-order valence-corrected chi connectivity index (χ3v) is 7.14. The van der Waals surface area contributed by atoms with Crippen molar-refractivity contribution in [3.05, 3.63) is 54.4 Å². The van der Waals surface area contributed by atoms with Gasteiger partial charge in [0.1, 0.15) is 11.9 Å². The van der Waals surface area contributed by atoms with Gasteiger partial charge < -0.3 is 4.74 Å². The van der Waals surface area contributed by atoms with E-state index in [0.717, 1.165) is 37.0 Å². The number of hydrogen-bond donors (Lipinski definition) is 0. The third-order valence-electron chi connectivity index (χ3n) is 5.14. The minimum Gasteiger partial charge on any atom is -0.490 e. The highest BCUT2D eigenvalue weighted by atomic mass is 32.2. The summed E-state index contributed by atoms with van der Waals surface area (Å²) in [4.78, 5) is 4.40. The van der Waals surface area contributed by atoms with E-state index in [9.17, 15) is 8.42 Å². The van der Waals surface area contributed by atoms with Crippen LogP contribution in [0.4, 0.5) is 0 Å². The smallest absolute Gasteiger partial charge is 0.243 e. The number of nitrogens with zero attached hydrogens (tertiary/aromatic N) is 2. The second-order valence-corrected chi connectivity index (χ2v) is 8.77. The Morgan fingerprint density at radius 3 is 2.40 bits per heavy atom. The Morgan fingerprint density at radius 1 is 1.08 bits per heavy atom. The molecule has 2 saturated heterocycles. The first-order chi connectivity index (χ1) is 12.0. The van der Waals surface area contributed by atoms with Gasteiger partial charge in [0.25, 0.3) is 0 Å². The van der Waals surface area contributed by atoms with Crippen molar-refractivity contribution in [1.82, 2.24) is 9.29 Å². The summed E-state index contributed by atoms with van der Waals surface area (Å²) in [6, 6.07) is 10.9. The quantitative estimate of drug-likeness (QED) is 0.842. The van der Waals surface area contributed by atoms with E-state index in [1.54, 1.807) is 28.8 Å². The van der Waals surface area contributed by atoms with Crippen LogP contribution < -0.4 is 4.74 Å². The Bertz CT molecular complexity index is 840. The topological polar surface area (TPSA) is 59.5 Å². The van der Waals surface area contributed by atoms with Crippen LogP contribution in [0.15, 0.2) is 53.7 Å². The molecule has 6 heteroatoms. The van der Waals surface area contributed by atoms with Crippen LogP contribution >= 0.6 is 0 Å². The van der Waals surface area contributed by atoms with Crippen LogP contribution in [0.1, 0.15) is 31.2 Å². The van der Waals surface area contributed by atoms with Gasteiger partial charge in [-0.25, -0.2) is 8.42 Å². The van der Waals surface area contributed by atoms with E-state index in [1.165, 1.54) is 0 Å². The summed E-state index contributed by atoms with van der Waals surface area (Å²) < 4.78 is 34.1. The molecule has 2 bridgehead atoms. The summed E-state index contributed by atoms with van der Waals surface area (Å²) in [5.41, 5.74) is 0.962. The SMILES string of the molecule is Cc1cccc(S(=O)(=O)N2C3CCC2CC(Oc2ccncc2)C3)c1. The zero-order chi connectivity index (χ0) is 17.4. The fraction of sp³-hybridized carbons (Fsp3) is 0.421. The molecule has 2 aliphatic rings. The number of fused-ring (bicyclic) bond motifs is 2. The lowest BCUT2D eigenvalue weighted by Crippen LogP contribution is -2.49. The third kappa shape index (κ3) is 3.16. The Morgan fingerprint density at radius 2 is 1.76 bits per heavy atom. The number of sulfonamides is 1. The van der Waals surface area contributed by atoms with E-state index in [2.05, 4.69) is 4.98 Å². The molecule has 1 aromatic carbocycles. The largest absolute Gasteiger partial charge is 0.490 e. The molecule has 2 aromatic rings. The van der Waals surface area contributed by atoms with E-state index >= 15 is 0 Å². The lowest BCUT2D eigenvalue weighted by Gasteiger charge is -2.37. The molecule has 0 spiro atoms. The van der Waals surface area contributed by atoms with Gasteiger partial charge in [0, 0.05) is 37.3 Å². The Kier molecular flexibility index (Phi) is 4.25. The van der Waals surface area contributed by atoms with E-state index in [-0.39, 0.29) is 18.2 Å². The maximum Gasteiger partial charge on any atom is 0.243 e. The van der Waals surface area contributed by atoms with Crippen molar-refractivity contribution >= 4 is 10.0 Å². The number of piperidine rings is 1. The molecule has 132 valence electrons. The molecule has 0 amide bonds. The molecule has 2 atom stereocenters. The first kappa shape index (κ1) is 16.5. The van der Waals surface area contributed by atoms with Crippen LogP contribution in [-0.4, -0.2) is 35.9 Å². The second-order valence-electron chi connectivity index (χ2n) is 6.93. The molecular weight excluding hydrogens is 336 g/mol. The lowest BCUT2D eigenvalue weighted by atomic mass is 10.0. The van der Waals surface area contributed by atoms with Gasteiger partial charge in [-0.3, -0.25) is 4.98 Å². The zero-order valence-corrected chi connectivity index (χ0v) is 15.0. The Labute approximate surface area is 148 Å². The maximum absolute atomic E-state index is 13.1. The van der Waals surface area contributed by atoms with Crippen LogP contribution in [0.5, 0.6) is 5.75 Å². The molecule has 25 heavy (non-hydrogen) atoms. The average molecular weight is 358 g/mol. The molecule has 1 aromatic heterocycles. The van der Waals surface area contributed by atoms with Gasteiger partial charge in [-0.1, -0.05) is 12.1 Å². The normalized spacial score (nSPS) is 26.5. The summed E-state index contributed by atoms with van der Waals surface area (Å²) in [5, 5.41) is 0. The summed E-state index contributed by atoms with van der Waals surface area (Å²) in [6.07, 6.45) is 6.78. The van der Waals surface area contributed by atoms with Crippen molar-refractivity contribution in [2.75, 3.05) is 0 Å². The number of ether oxygens (including phenoxy) is 1. The van der Waals surface area contributed by atoms with Gasteiger partial charge in [0.15, 0.2) is 0 Å². The average Bonchev–Trinajstić information content (AvgIpc) is 2.88. The van der Waals surface area contributed by atoms with Gasteiger partial charge in [-0.05, 0) is 49.6 Å². The zero-order valence-electron chi connectivity index (χ0n) is 14.2. The first-order valence-corrected chi connectivity index (χ1v) is 10.1. The highest BCUT2D eigenvalue weighted by Crippen LogP contribution is 2.40. The van der Waals surface area contributed by atoms with Crippen molar-refractivity contribution < 1.29 is 13.2 Å². The number of rotatable bonds is 4. The monoisotopic (exact) mass is 358 g/mol. The fourth-order valence-corrected chi connectivity index (χ4v) is 6.08. The van der Waals surface area contributed by atoms with Gasteiger partial charge in [0.05, 0.1) is 4.90 Å². The molecule has 2 aliphatic heterocycles. The first-order valence-electron chi connectivity index (χ1n) is 8.71. The summed E-state index contributed by atoms with van der Waals surface area (Å²) in [5.74, 6) is 0.800. The van der Waals surface area contributed by atoms with E-state index in [1.807, 2.05) is 31.2 Å². The van der Waals surface area contributed by atoms with Crippen LogP contribution in [0.25, 0.3) is 0 Å². The van der Waals surface area contributed by atoms with E-state index in [4.69, 9.17) is 4.74 Å². The number of pyridine rings is 1. The van der Waals surface area contributed by atoms with Gasteiger partial charge in [-0.2, -0.15) is 4.31 Å². The highest BCUT2D eigenvalue weighted by molar-refractivity contribution is 7.89. The molecule has 5 nitrogen and oxygen atoms in total. The molecule has 2 unspecified atom stereocenters. The summed E-state index contributed by atoms with van der Waals surface area (Å²) >= 11 is 0. The molecule has 0 saturated carbocycles. The Hall–Kier alpha value is -1.92. The van der Waals surface area contributed by atoms with Crippen LogP contribution in [0, 0.1) is 6.92 Å². The molecule has 0 N–H and O–H groups in total. The van der Waals surface area contributed by atoms with Crippen molar-refractivity contribution in [2.24, 2.45) is 0 Å². The standard InChI is InChI=1S/C19H22N2O3S/c1-14-3-2-4-19(11-14)25(22,23)21-15-5-6-16(21)13-18(12-15)24-17-7-9-20-10-8-17/h2-4,7-11,15-16,18H,5-6,12-13H2,1H3. The van der Waals surface area contributed by atoms with Crippen LogP contribution in [0.2, 0.25) is 0 Å². The number of benzene rings is 1. The minimum absolute atomic E-state index is 0.0242. The predicted molar refractivity (Wildman–Crippen MR) is 94.9 cm³/mol. The number of aryl methyl sites for hydroxylation is 1. The number of aromatic nitrogens is 1. The van der Waals surface area contributed by atoms with Crippen molar-refractivity contribution in [2.45, 2.75) is 55.7 Å². The molecule has 0 radical (unpaired) electrons. The minimum atomic E-state index is -3.45. The van der Waals surface area contributed by atoms with Crippen LogP contribution in [-0.2, 0) is 10.0 Å². The molecule has 0 aliphatic carbocycles. The lowest BCUT2D eigenvalue weighted by molar-refractivity contribution is 0.0956. The van der Waals surface area contributed by atoms with Crippen molar-refractivity contribution in [3.8, 4) is 5.75 Å². The summed E-state index contributed by atoms with van der Waals surface area (Å²) in [6.45, 7) is 1.92. The van der Waals surface area contributed by atoms with Gasteiger partial charge in [-0.15, -0.1) is 0 Å². The Balaban J connectivity index is 1.54. The van der Waals surface area contributed by atoms with Gasteiger partial charge >= 0.3 is 0 Å². The molecular formula is C19H22N2O3S. The molecule has 2 fully saturated rings. The van der Waals surface area contributed by atoms with E-state index < -0.39 is 10.0 Å². The van der Waals surface area contributed by atoms with E-state index in [0.29, 0.717) is 4.90 Å². The molecule has 4 rings (SSSR count). The second kappa shape index (κ2) is 6.42. The van der Waals surface area contributed by atoms with Gasteiger partial charge in [0.2, 0.25) is 10.0 Å². The van der Waals surface area contributed by atoms with Crippen LogP contribution in [0.3, 0.4) is 0 Å². The molecule has 3 heterocycles. The highest BCUT2D eigenvalue weighted by Gasteiger charge is 2.47.